The lowest BCUT2D eigenvalue weighted by atomic mass is 10.2. The highest BCUT2D eigenvalue weighted by Gasteiger charge is 2.31. The van der Waals surface area contributed by atoms with Gasteiger partial charge in [-0.3, -0.25) is 14.7 Å². The number of carbonyl (C=O) groups is 2. The molecule has 2 amide bonds. The average Bonchev–Trinajstić information content (AvgIpc) is 2.76. The largest absolute Gasteiger partial charge is 0.382 e. The normalized spacial score (nSPS) is 19.8. The summed E-state index contributed by atoms with van der Waals surface area (Å²) < 4.78 is 0. The van der Waals surface area contributed by atoms with Crippen molar-refractivity contribution in [2.24, 2.45) is 0 Å². The van der Waals surface area contributed by atoms with Gasteiger partial charge in [0.2, 0.25) is 5.91 Å². The third kappa shape index (κ3) is 1.95. The number of nitrogen functional groups attached to an aromatic ring is 1. The van der Waals surface area contributed by atoms with Gasteiger partial charge in [0.15, 0.2) is 5.82 Å². The third-order valence-corrected chi connectivity index (χ3v) is 2.94. The molecular weight excluding hydrogens is 222 g/mol. The minimum absolute atomic E-state index is 0.0712. The topological polar surface area (TPSA) is 104 Å². The number of nitrogens with zero attached hydrogens (tertiary/aromatic N) is 2. The summed E-state index contributed by atoms with van der Waals surface area (Å²) in [7, 11) is 1.71. The zero-order valence-corrected chi connectivity index (χ0v) is 9.78. The number of rotatable bonds is 2. The van der Waals surface area contributed by atoms with Gasteiger partial charge in [-0.2, -0.15) is 5.10 Å². The lowest BCUT2D eigenvalue weighted by Gasteiger charge is -2.12. The van der Waals surface area contributed by atoms with E-state index in [1.54, 1.807) is 18.9 Å². The van der Waals surface area contributed by atoms with E-state index in [9.17, 15) is 9.59 Å². The second kappa shape index (κ2) is 4.08. The number of amides is 2. The molecule has 0 radical (unpaired) electrons. The Morgan fingerprint density at radius 3 is 2.82 bits per heavy atom. The number of hydrogen-bond donors (Lipinski definition) is 3. The number of likely N-dealkylation sites (tertiary alicyclic amines) is 1. The molecule has 1 atom stereocenters. The smallest absolute Gasteiger partial charge is 0.257 e. The second-order valence-electron chi connectivity index (χ2n) is 4.18. The summed E-state index contributed by atoms with van der Waals surface area (Å²) in [4.78, 5) is 25.2. The van der Waals surface area contributed by atoms with Gasteiger partial charge in [-0.15, -0.1) is 0 Å². The molecule has 7 heteroatoms. The summed E-state index contributed by atoms with van der Waals surface area (Å²) in [5.41, 5.74) is 6.49. The van der Waals surface area contributed by atoms with E-state index in [1.807, 2.05) is 0 Å². The van der Waals surface area contributed by atoms with Crippen molar-refractivity contribution in [2.75, 3.05) is 19.3 Å². The van der Waals surface area contributed by atoms with Crippen molar-refractivity contribution >= 4 is 17.6 Å². The van der Waals surface area contributed by atoms with Gasteiger partial charge in [0.1, 0.15) is 11.6 Å². The first kappa shape index (κ1) is 11.4. The van der Waals surface area contributed by atoms with Crippen LogP contribution in [0.3, 0.4) is 0 Å². The second-order valence-corrected chi connectivity index (χ2v) is 4.18. The molecule has 7 nitrogen and oxygen atoms in total. The van der Waals surface area contributed by atoms with Crippen LogP contribution in [0.4, 0.5) is 5.82 Å². The number of carbonyl (C=O) groups excluding carboxylic acids is 2. The molecule has 0 aromatic carbocycles. The maximum Gasteiger partial charge on any atom is 0.257 e. The Morgan fingerprint density at radius 2 is 2.35 bits per heavy atom. The molecule has 0 saturated carbocycles. The van der Waals surface area contributed by atoms with E-state index in [-0.39, 0.29) is 17.6 Å². The Balaban J connectivity index is 2.10. The van der Waals surface area contributed by atoms with Gasteiger partial charge >= 0.3 is 0 Å². The van der Waals surface area contributed by atoms with Gasteiger partial charge < -0.3 is 16.0 Å². The van der Waals surface area contributed by atoms with Crippen molar-refractivity contribution in [1.82, 2.24) is 20.4 Å². The minimum atomic E-state index is -0.457. The number of aromatic amines is 1. The van der Waals surface area contributed by atoms with Gasteiger partial charge in [0.05, 0.1) is 0 Å². The molecule has 1 aliphatic heterocycles. The van der Waals surface area contributed by atoms with Gasteiger partial charge in [0.25, 0.3) is 5.91 Å². The fraction of sp³-hybridized carbons (Fsp3) is 0.500. The predicted octanol–water partition coefficient (Wildman–Crippen LogP) is -0.739. The molecule has 0 bridgehead atoms. The molecule has 1 fully saturated rings. The number of nitrogens with two attached hydrogens (primary N) is 1. The van der Waals surface area contributed by atoms with Crippen LogP contribution in [0.5, 0.6) is 0 Å². The Bertz CT molecular complexity index is 448. The lowest BCUT2D eigenvalue weighted by Crippen LogP contribution is -2.40. The highest BCUT2D eigenvalue weighted by Crippen LogP contribution is 2.14. The number of nitrogens with one attached hydrogen (secondary N) is 2. The van der Waals surface area contributed by atoms with Crippen molar-refractivity contribution in [1.29, 1.82) is 0 Å². The molecule has 1 unspecified atom stereocenters. The van der Waals surface area contributed by atoms with Crippen LogP contribution in [0, 0.1) is 6.92 Å². The molecule has 2 rings (SSSR count). The van der Waals surface area contributed by atoms with Gasteiger partial charge in [0, 0.05) is 19.3 Å². The number of anilines is 1. The summed E-state index contributed by atoms with van der Waals surface area (Å²) in [6, 6.07) is -0.457. The van der Waals surface area contributed by atoms with E-state index < -0.39 is 6.04 Å². The standard InChI is InChI=1S/C10H15N5O2/c1-5-7(8(11)14-13-5)9(16)12-6-3-4-15(2)10(6)17/h6H,3-4H2,1-2H3,(H,12,16)(H3,11,13,14). The molecule has 1 aromatic heterocycles. The van der Waals surface area contributed by atoms with E-state index in [4.69, 9.17) is 5.73 Å². The first-order valence-corrected chi connectivity index (χ1v) is 5.37. The monoisotopic (exact) mass is 237 g/mol. The quantitative estimate of drug-likeness (QED) is 0.630. The van der Waals surface area contributed by atoms with Crippen molar-refractivity contribution in [3.8, 4) is 0 Å². The lowest BCUT2D eigenvalue weighted by molar-refractivity contribution is -0.128. The Hall–Kier alpha value is -2.05. The molecule has 17 heavy (non-hydrogen) atoms. The molecule has 0 aliphatic carbocycles. The van der Waals surface area contributed by atoms with Crippen LogP contribution in [0.2, 0.25) is 0 Å². The molecule has 92 valence electrons. The summed E-state index contributed by atoms with van der Waals surface area (Å²) in [5.74, 6) is -0.278. The first-order valence-electron chi connectivity index (χ1n) is 5.37. The molecular formula is C10H15N5O2. The van der Waals surface area contributed by atoms with Crippen LogP contribution in [-0.2, 0) is 4.79 Å². The fourth-order valence-electron chi connectivity index (χ4n) is 1.92. The SMILES string of the molecule is Cc1[nH]nc(N)c1C(=O)NC1CCN(C)C1=O. The Morgan fingerprint density at radius 1 is 1.65 bits per heavy atom. The first-order chi connectivity index (χ1) is 8.00. The van der Waals surface area contributed by atoms with Gasteiger partial charge in [-0.05, 0) is 13.3 Å². The van der Waals surface area contributed by atoms with Crippen molar-refractivity contribution < 1.29 is 9.59 Å². The highest BCUT2D eigenvalue weighted by molar-refractivity contribution is 6.02. The summed E-state index contributed by atoms with van der Waals surface area (Å²) in [6.07, 6.45) is 0.623. The van der Waals surface area contributed by atoms with Crippen LogP contribution in [-0.4, -0.2) is 46.5 Å². The summed E-state index contributed by atoms with van der Waals surface area (Å²) >= 11 is 0. The van der Waals surface area contributed by atoms with Crippen LogP contribution in [0.1, 0.15) is 22.5 Å². The van der Waals surface area contributed by atoms with Crippen LogP contribution >= 0.6 is 0 Å². The molecule has 0 spiro atoms. The number of H-pyrrole nitrogens is 1. The summed E-state index contributed by atoms with van der Waals surface area (Å²) in [5, 5.41) is 9.05. The van der Waals surface area contributed by atoms with Crippen LogP contribution in [0.15, 0.2) is 0 Å². The van der Waals surface area contributed by atoms with E-state index in [0.29, 0.717) is 24.2 Å². The molecule has 1 aliphatic rings. The minimum Gasteiger partial charge on any atom is -0.382 e. The predicted molar refractivity (Wildman–Crippen MR) is 61.2 cm³/mol. The van der Waals surface area contributed by atoms with E-state index in [2.05, 4.69) is 15.5 Å². The number of hydrogen-bond acceptors (Lipinski definition) is 4. The maximum atomic E-state index is 11.9. The van der Waals surface area contributed by atoms with E-state index >= 15 is 0 Å². The van der Waals surface area contributed by atoms with Gasteiger partial charge in [-0.1, -0.05) is 0 Å². The summed E-state index contributed by atoms with van der Waals surface area (Å²) in [6.45, 7) is 2.37. The van der Waals surface area contributed by atoms with Crippen LogP contribution in [0.25, 0.3) is 0 Å². The highest BCUT2D eigenvalue weighted by atomic mass is 16.2. The number of aromatic nitrogens is 2. The van der Waals surface area contributed by atoms with Crippen LogP contribution < -0.4 is 11.1 Å². The average molecular weight is 237 g/mol. The molecule has 2 heterocycles. The van der Waals surface area contributed by atoms with E-state index in [0.717, 1.165) is 0 Å². The maximum absolute atomic E-state index is 11.9. The molecule has 1 saturated heterocycles. The van der Waals surface area contributed by atoms with Crippen molar-refractivity contribution in [3.63, 3.8) is 0 Å². The van der Waals surface area contributed by atoms with E-state index in [1.165, 1.54) is 0 Å². The Kier molecular flexibility index (Phi) is 2.74. The number of likely N-dealkylation sites (N-methyl/N-ethyl adjacent to an activating group) is 1. The zero-order chi connectivity index (χ0) is 12.6. The van der Waals surface area contributed by atoms with Gasteiger partial charge in [-0.25, -0.2) is 0 Å². The molecule has 4 N–H and O–H groups in total. The number of aryl methyl sites for hydroxylation is 1. The zero-order valence-electron chi connectivity index (χ0n) is 9.78. The third-order valence-electron chi connectivity index (χ3n) is 2.94. The van der Waals surface area contributed by atoms with Crippen molar-refractivity contribution in [3.05, 3.63) is 11.3 Å². The van der Waals surface area contributed by atoms with Crippen molar-refractivity contribution in [2.45, 2.75) is 19.4 Å². The Labute approximate surface area is 98.4 Å². The molecule has 1 aromatic rings. The fourth-order valence-corrected chi connectivity index (χ4v) is 1.92.